The highest BCUT2D eigenvalue weighted by atomic mass is 32.2. The number of rotatable bonds is 7. The first-order valence-electron chi connectivity index (χ1n) is 8.97. The third-order valence-electron chi connectivity index (χ3n) is 4.06. The molecule has 0 spiro atoms. The number of nitrogens with zero attached hydrogens (tertiary/aromatic N) is 1. The van der Waals surface area contributed by atoms with Crippen LogP contribution in [0.25, 0.3) is 0 Å². The molecular weight excluding hydrogens is 392 g/mol. The molecule has 150 valence electrons. The minimum atomic E-state index is -1.35. The molecule has 3 aromatic rings. The molecule has 2 unspecified atom stereocenters. The number of nitrogens with one attached hydrogen (secondary N) is 1. The number of carbonyl (C=O) groups is 2. The predicted molar refractivity (Wildman–Crippen MR) is 108 cm³/mol. The maximum Gasteiger partial charge on any atom is 0.340 e. The van der Waals surface area contributed by atoms with E-state index in [-0.39, 0.29) is 11.4 Å². The van der Waals surface area contributed by atoms with Gasteiger partial charge in [-0.15, -0.1) is 0 Å². The Morgan fingerprint density at radius 3 is 2.48 bits per heavy atom. The lowest BCUT2D eigenvalue weighted by Gasteiger charge is -2.18. The molecule has 1 N–H and O–H groups in total. The van der Waals surface area contributed by atoms with Crippen molar-refractivity contribution in [3.05, 3.63) is 77.6 Å². The van der Waals surface area contributed by atoms with Crippen LogP contribution in [0.5, 0.6) is 0 Å². The van der Waals surface area contributed by atoms with Gasteiger partial charge in [-0.05, 0) is 19.1 Å². The molecule has 7 nitrogen and oxygen atoms in total. The van der Waals surface area contributed by atoms with Gasteiger partial charge in [0.1, 0.15) is 5.76 Å². The number of anilines is 1. The van der Waals surface area contributed by atoms with E-state index in [1.807, 2.05) is 0 Å². The zero-order valence-electron chi connectivity index (χ0n) is 16.0. The van der Waals surface area contributed by atoms with Crippen LogP contribution in [0, 0.1) is 6.92 Å². The normalized spacial score (nSPS) is 12.8. The molecule has 1 amide bonds. The summed E-state index contributed by atoms with van der Waals surface area (Å²) < 4.78 is 22.8. The molecule has 0 saturated heterocycles. The summed E-state index contributed by atoms with van der Waals surface area (Å²) in [5, 5.41) is 6.32. The maximum atomic E-state index is 12.9. The van der Waals surface area contributed by atoms with E-state index in [4.69, 9.17) is 9.26 Å². The molecule has 1 aromatic heterocycles. The smallest absolute Gasteiger partial charge is 0.340 e. The van der Waals surface area contributed by atoms with Crippen molar-refractivity contribution in [1.82, 2.24) is 5.16 Å². The van der Waals surface area contributed by atoms with Gasteiger partial charge in [0.2, 0.25) is 6.10 Å². The number of hydrogen-bond acceptors (Lipinski definition) is 6. The molecule has 0 aliphatic carbocycles. The lowest BCUT2D eigenvalue weighted by molar-refractivity contribution is -0.125. The Morgan fingerprint density at radius 1 is 1.14 bits per heavy atom. The summed E-state index contributed by atoms with van der Waals surface area (Å²) in [6, 6.07) is 16.7. The van der Waals surface area contributed by atoms with Crippen molar-refractivity contribution >= 4 is 28.5 Å². The Labute approximate surface area is 170 Å². The van der Waals surface area contributed by atoms with Gasteiger partial charge in [0.25, 0.3) is 5.91 Å². The van der Waals surface area contributed by atoms with Crippen LogP contribution in [0.1, 0.15) is 34.7 Å². The maximum absolute atomic E-state index is 12.9. The second kappa shape index (κ2) is 9.29. The lowest BCUT2D eigenvalue weighted by Crippen LogP contribution is -2.26. The van der Waals surface area contributed by atoms with E-state index in [2.05, 4.69) is 10.5 Å². The Kier molecular flexibility index (Phi) is 6.56. The molecule has 1 heterocycles. The lowest BCUT2D eigenvalue weighted by atomic mass is 10.1. The van der Waals surface area contributed by atoms with Crippen LogP contribution >= 0.6 is 0 Å². The first-order chi connectivity index (χ1) is 14.0. The van der Waals surface area contributed by atoms with Crippen molar-refractivity contribution in [3.63, 3.8) is 0 Å². The molecule has 0 aliphatic rings. The average Bonchev–Trinajstić information content (AvgIpc) is 3.16. The van der Waals surface area contributed by atoms with Crippen molar-refractivity contribution in [2.24, 2.45) is 0 Å². The molecule has 2 atom stereocenters. The van der Waals surface area contributed by atoms with Crippen molar-refractivity contribution in [2.75, 3.05) is 11.1 Å². The minimum Gasteiger partial charge on any atom is -0.444 e. The third kappa shape index (κ3) is 4.97. The van der Waals surface area contributed by atoms with Gasteiger partial charge in [-0.2, -0.15) is 0 Å². The number of carbonyl (C=O) groups excluding carboxylic acids is 2. The number of aryl methyl sites for hydroxylation is 1. The Hall–Kier alpha value is -3.26. The van der Waals surface area contributed by atoms with Crippen LogP contribution in [0.4, 0.5) is 5.82 Å². The highest BCUT2D eigenvalue weighted by Crippen LogP contribution is 2.23. The van der Waals surface area contributed by atoms with Gasteiger partial charge in [0.05, 0.1) is 21.3 Å². The molecule has 0 bridgehead atoms. The van der Waals surface area contributed by atoms with E-state index >= 15 is 0 Å². The Balaban J connectivity index is 1.89. The molecule has 0 radical (unpaired) electrons. The fourth-order valence-electron chi connectivity index (χ4n) is 2.68. The number of esters is 1. The fourth-order valence-corrected chi connectivity index (χ4v) is 3.62. The Bertz CT molecular complexity index is 1030. The summed E-state index contributed by atoms with van der Waals surface area (Å²) in [5.74, 6) is -0.200. The minimum absolute atomic E-state index is 0.165. The summed E-state index contributed by atoms with van der Waals surface area (Å²) in [4.78, 5) is 26.1. The van der Waals surface area contributed by atoms with Gasteiger partial charge in [-0.3, -0.25) is 9.00 Å². The largest absolute Gasteiger partial charge is 0.444 e. The summed E-state index contributed by atoms with van der Waals surface area (Å²) in [7, 11) is -1.35. The van der Waals surface area contributed by atoms with Gasteiger partial charge in [-0.25, -0.2) is 4.79 Å². The van der Waals surface area contributed by atoms with Crippen LogP contribution in [-0.2, 0) is 20.3 Å². The van der Waals surface area contributed by atoms with E-state index in [9.17, 15) is 13.8 Å². The fraction of sp³-hybridized carbons (Fsp3) is 0.190. The molecule has 8 heteroatoms. The van der Waals surface area contributed by atoms with Gasteiger partial charge < -0.3 is 14.6 Å². The van der Waals surface area contributed by atoms with Crippen molar-refractivity contribution in [1.29, 1.82) is 0 Å². The average molecular weight is 412 g/mol. The summed E-state index contributed by atoms with van der Waals surface area (Å²) in [5.41, 5.74) is 0.659. The molecule has 0 aliphatic heterocycles. The van der Waals surface area contributed by atoms with Crippen LogP contribution < -0.4 is 5.32 Å². The molecule has 29 heavy (non-hydrogen) atoms. The molecule has 3 rings (SSSR count). The quantitative estimate of drug-likeness (QED) is 0.595. The van der Waals surface area contributed by atoms with Gasteiger partial charge in [-0.1, -0.05) is 54.5 Å². The first-order valence-corrected chi connectivity index (χ1v) is 10.3. The summed E-state index contributed by atoms with van der Waals surface area (Å²) >= 11 is 0. The van der Waals surface area contributed by atoms with Gasteiger partial charge in [0, 0.05) is 17.4 Å². The molecule has 2 aromatic carbocycles. The van der Waals surface area contributed by atoms with E-state index in [1.54, 1.807) is 68.4 Å². The highest BCUT2D eigenvalue weighted by Gasteiger charge is 2.28. The third-order valence-corrected chi connectivity index (χ3v) is 5.43. The zero-order chi connectivity index (χ0) is 20.8. The summed E-state index contributed by atoms with van der Waals surface area (Å²) in [6.45, 7) is 3.46. The monoisotopic (exact) mass is 412 g/mol. The summed E-state index contributed by atoms with van der Waals surface area (Å²) in [6.07, 6.45) is -1.22. The first kappa shape index (κ1) is 20.5. The van der Waals surface area contributed by atoms with E-state index in [0.29, 0.717) is 22.0 Å². The highest BCUT2D eigenvalue weighted by molar-refractivity contribution is 7.85. The second-order valence-electron chi connectivity index (χ2n) is 6.14. The van der Waals surface area contributed by atoms with E-state index in [1.165, 1.54) is 6.07 Å². The zero-order valence-corrected chi connectivity index (χ0v) is 16.8. The van der Waals surface area contributed by atoms with Gasteiger partial charge >= 0.3 is 5.97 Å². The van der Waals surface area contributed by atoms with Gasteiger partial charge in [0.15, 0.2) is 5.82 Å². The van der Waals surface area contributed by atoms with Crippen LogP contribution in [0.3, 0.4) is 0 Å². The molecular formula is C21H20N2O5S. The van der Waals surface area contributed by atoms with E-state index < -0.39 is 28.8 Å². The topological polar surface area (TPSA) is 98.5 Å². The van der Waals surface area contributed by atoms with Crippen molar-refractivity contribution in [2.45, 2.75) is 24.8 Å². The SMILES string of the molecule is CCS(=O)c1ccccc1C(=O)OC(C(=O)Nc1cc(C)on1)c1ccccc1. The number of amides is 1. The second-order valence-corrected chi connectivity index (χ2v) is 7.85. The van der Waals surface area contributed by atoms with Crippen LogP contribution in [-0.4, -0.2) is 27.0 Å². The van der Waals surface area contributed by atoms with Crippen LogP contribution in [0.15, 0.2) is 70.1 Å². The molecule has 0 fully saturated rings. The van der Waals surface area contributed by atoms with Crippen LogP contribution in [0.2, 0.25) is 0 Å². The number of hydrogen-bond donors (Lipinski definition) is 1. The number of aromatic nitrogens is 1. The molecule has 0 saturated carbocycles. The standard InChI is InChI=1S/C21H20N2O5S/c1-3-29(26)17-12-8-7-11-16(17)21(25)27-19(15-9-5-4-6-10-15)20(24)22-18-13-14(2)28-23-18/h4-13,19H,3H2,1-2H3,(H,22,23,24). The van der Waals surface area contributed by atoms with Crippen molar-refractivity contribution < 1.29 is 23.1 Å². The predicted octanol–water partition coefficient (Wildman–Crippen LogP) is 3.65. The van der Waals surface area contributed by atoms with E-state index in [0.717, 1.165) is 0 Å². The number of ether oxygens (including phenoxy) is 1. The van der Waals surface area contributed by atoms with Crippen molar-refractivity contribution in [3.8, 4) is 0 Å². The number of benzene rings is 2. The Morgan fingerprint density at radius 2 is 1.83 bits per heavy atom.